The maximum Gasteiger partial charge on any atom is 0.169 e. The molecule has 3 unspecified atom stereocenters. The number of hydrogen-bond donors (Lipinski definition) is 0. The minimum Gasteiger partial charge on any atom is -0.490 e. The Morgan fingerprint density at radius 1 is 0.720 bits per heavy atom. The second-order valence-electron chi connectivity index (χ2n) is 6.55. The molecule has 0 radical (unpaired) electrons. The Morgan fingerprint density at radius 3 is 1.84 bits per heavy atom. The molecule has 0 aliphatic carbocycles. The molecule has 0 N–H and O–H groups in total. The van der Waals surface area contributed by atoms with Crippen LogP contribution < -0.4 is 14.2 Å². The van der Waals surface area contributed by atoms with Crippen molar-refractivity contribution in [1.29, 1.82) is 0 Å². The van der Waals surface area contributed by atoms with Crippen LogP contribution in [0.2, 0.25) is 0 Å². The molecule has 3 aliphatic heterocycles. The first-order valence-corrected chi connectivity index (χ1v) is 8.66. The van der Waals surface area contributed by atoms with E-state index in [2.05, 4.69) is 0 Å². The fourth-order valence-electron chi connectivity index (χ4n) is 2.70. The zero-order valence-electron chi connectivity index (χ0n) is 13.8. The van der Waals surface area contributed by atoms with Crippen LogP contribution in [0, 0.1) is 0 Å². The summed E-state index contributed by atoms with van der Waals surface area (Å²) in [5, 5.41) is 1.98. The Hall–Kier alpha value is -2.02. The molecule has 0 saturated carbocycles. The van der Waals surface area contributed by atoms with Crippen LogP contribution in [0.3, 0.4) is 0 Å². The van der Waals surface area contributed by atoms with Crippen LogP contribution in [0.4, 0.5) is 0 Å². The summed E-state index contributed by atoms with van der Waals surface area (Å²) < 4.78 is 33.8. The molecule has 2 aromatic carbocycles. The Kier molecular flexibility index (Phi) is 3.88. The zero-order valence-corrected chi connectivity index (χ0v) is 13.8. The second-order valence-corrected chi connectivity index (χ2v) is 6.55. The lowest BCUT2D eigenvalue weighted by Gasteiger charge is -2.17. The molecule has 3 saturated heterocycles. The van der Waals surface area contributed by atoms with E-state index in [1.165, 1.54) is 0 Å². The third-order valence-corrected chi connectivity index (χ3v) is 4.39. The molecule has 132 valence electrons. The lowest BCUT2D eigenvalue weighted by atomic mass is 10.1. The highest BCUT2D eigenvalue weighted by Gasteiger charge is 2.28. The molecule has 6 nitrogen and oxygen atoms in total. The number of ether oxygens (including phenoxy) is 6. The zero-order chi connectivity index (χ0) is 16.6. The highest BCUT2D eigenvalue weighted by molar-refractivity contribution is 5.95. The van der Waals surface area contributed by atoms with E-state index in [9.17, 15) is 0 Å². The van der Waals surface area contributed by atoms with Crippen LogP contribution in [0.5, 0.6) is 17.2 Å². The van der Waals surface area contributed by atoms with Gasteiger partial charge in [-0.05, 0) is 0 Å². The molecular formula is C19H20O6. The van der Waals surface area contributed by atoms with Crippen LogP contribution in [0.25, 0.3) is 10.8 Å². The van der Waals surface area contributed by atoms with Crippen molar-refractivity contribution in [3.63, 3.8) is 0 Å². The first-order valence-electron chi connectivity index (χ1n) is 8.66. The standard InChI is InChI=1S/C19H20O6/c1-2-4-16-15(3-1)17(23-9-12-6-20-12)5-18(24-10-13-7-21-13)19(16)25-11-14-8-22-14/h1-5,12-14H,6-11H2. The van der Waals surface area contributed by atoms with Gasteiger partial charge in [-0.2, -0.15) is 0 Å². The number of fused-ring (bicyclic) bond motifs is 1. The van der Waals surface area contributed by atoms with Gasteiger partial charge in [-0.25, -0.2) is 0 Å². The van der Waals surface area contributed by atoms with Crippen molar-refractivity contribution in [2.45, 2.75) is 18.3 Å². The molecule has 0 amide bonds. The summed E-state index contributed by atoms with van der Waals surface area (Å²) in [7, 11) is 0. The molecule has 0 spiro atoms. The van der Waals surface area contributed by atoms with Gasteiger partial charge in [0.1, 0.15) is 43.9 Å². The van der Waals surface area contributed by atoms with E-state index < -0.39 is 0 Å². The van der Waals surface area contributed by atoms with E-state index in [1.807, 2.05) is 30.3 Å². The third kappa shape index (κ3) is 3.66. The smallest absolute Gasteiger partial charge is 0.169 e. The van der Waals surface area contributed by atoms with Gasteiger partial charge in [0.05, 0.1) is 19.8 Å². The van der Waals surface area contributed by atoms with E-state index in [1.54, 1.807) is 0 Å². The van der Waals surface area contributed by atoms with Gasteiger partial charge in [0.2, 0.25) is 0 Å². The summed E-state index contributed by atoms with van der Waals surface area (Å²) in [5.41, 5.74) is 0. The molecule has 3 heterocycles. The van der Waals surface area contributed by atoms with Gasteiger partial charge in [0.25, 0.3) is 0 Å². The predicted octanol–water partition coefficient (Wildman–Crippen LogP) is 2.17. The molecule has 2 aromatic rings. The second kappa shape index (κ2) is 6.37. The summed E-state index contributed by atoms with van der Waals surface area (Å²) in [6, 6.07) is 9.96. The topological polar surface area (TPSA) is 65.3 Å². The summed E-state index contributed by atoms with van der Waals surface area (Å²) in [4.78, 5) is 0. The fraction of sp³-hybridized carbons (Fsp3) is 0.474. The molecule has 0 aromatic heterocycles. The normalized spacial score (nSPS) is 26.3. The molecular weight excluding hydrogens is 324 g/mol. The van der Waals surface area contributed by atoms with E-state index in [0.717, 1.165) is 42.1 Å². The number of hydrogen-bond acceptors (Lipinski definition) is 6. The van der Waals surface area contributed by atoms with Crippen molar-refractivity contribution in [2.24, 2.45) is 0 Å². The number of epoxide rings is 3. The molecule has 5 rings (SSSR count). The first kappa shape index (κ1) is 15.3. The van der Waals surface area contributed by atoms with Crippen molar-refractivity contribution >= 4 is 10.8 Å². The largest absolute Gasteiger partial charge is 0.490 e. The third-order valence-electron chi connectivity index (χ3n) is 4.39. The SMILES string of the molecule is c1ccc2c(OCC3CO3)c(OCC3CO3)cc(OCC3CO3)c2c1. The summed E-state index contributed by atoms with van der Waals surface area (Å²) in [5.74, 6) is 2.20. The van der Waals surface area contributed by atoms with Crippen LogP contribution in [0.15, 0.2) is 30.3 Å². The fourth-order valence-corrected chi connectivity index (χ4v) is 2.70. The van der Waals surface area contributed by atoms with Crippen molar-refractivity contribution in [1.82, 2.24) is 0 Å². The lowest BCUT2D eigenvalue weighted by Crippen LogP contribution is -2.10. The molecule has 0 bridgehead atoms. The van der Waals surface area contributed by atoms with Crippen LogP contribution in [-0.2, 0) is 14.2 Å². The predicted molar refractivity (Wildman–Crippen MR) is 89.7 cm³/mol. The van der Waals surface area contributed by atoms with Crippen molar-refractivity contribution < 1.29 is 28.4 Å². The van der Waals surface area contributed by atoms with Gasteiger partial charge < -0.3 is 28.4 Å². The molecule has 3 atom stereocenters. The first-order chi connectivity index (χ1) is 12.4. The van der Waals surface area contributed by atoms with E-state index in [0.29, 0.717) is 25.6 Å². The van der Waals surface area contributed by atoms with Gasteiger partial charge in [-0.1, -0.05) is 24.3 Å². The molecule has 6 heteroatoms. The Bertz CT molecular complexity index is 764. The monoisotopic (exact) mass is 344 g/mol. The van der Waals surface area contributed by atoms with Crippen LogP contribution in [-0.4, -0.2) is 58.0 Å². The van der Waals surface area contributed by atoms with Gasteiger partial charge >= 0.3 is 0 Å². The molecule has 3 aliphatic rings. The highest BCUT2D eigenvalue weighted by Crippen LogP contribution is 2.42. The number of rotatable bonds is 9. The van der Waals surface area contributed by atoms with E-state index >= 15 is 0 Å². The van der Waals surface area contributed by atoms with Gasteiger partial charge in [0.15, 0.2) is 11.5 Å². The van der Waals surface area contributed by atoms with E-state index in [4.69, 9.17) is 28.4 Å². The van der Waals surface area contributed by atoms with Gasteiger partial charge in [-0.3, -0.25) is 0 Å². The molecule has 25 heavy (non-hydrogen) atoms. The van der Waals surface area contributed by atoms with Crippen LogP contribution >= 0.6 is 0 Å². The quantitative estimate of drug-likeness (QED) is 0.650. The van der Waals surface area contributed by atoms with E-state index in [-0.39, 0.29) is 18.3 Å². The molecule has 3 fully saturated rings. The maximum atomic E-state index is 6.05. The highest BCUT2D eigenvalue weighted by atomic mass is 16.6. The Morgan fingerprint density at radius 2 is 1.24 bits per heavy atom. The minimum atomic E-state index is 0.176. The van der Waals surface area contributed by atoms with Crippen molar-refractivity contribution in [3.05, 3.63) is 30.3 Å². The maximum absolute atomic E-state index is 6.05. The minimum absolute atomic E-state index is 0.176. The summed E-state index contributed by atoms with van der Waals surface area (Å²) >= 11 is 0. The average Bonchev–Trinajstić information content (AvgIpc) is 3.46. The number of benzene rings is 2. The lowest BCUT2D eigenvalue weighted by molar-refractivity contribution is 0.227. The van der Waals surface area contributed by atoms with Crippen molar-refractivity contribution in [2.75, 3.05) is 39.6 Å². The average molecular weight is 344 g/mol. The Balaban J connectivity index is 1.48. The van der Waals surface area contributed by atoms with Crippen LogP contribution in [0.1, 0.15) is 0 Å². The Labute approximate surface area is 145 Å². The van der Waals surface area contributed by atoms with Gasteiger partial charge in [-0.15, -0.1) is 0 Å². The van der Waals surface area contributed by atoms with Crippen molar-refractivity contribution in [3.8, 4) is 17.2 Å². The van der Waals surface area contributed by atoms with Gasteiger partial charge in [0, 0.05) is 16.8 Å². The summed E-state index contributed by atoms with van der Waals surface area (Å²) in [6.45, 7) is 3.86. The summed E-state index contributed by atoms with van der Waals surface area (Å²) in [6.07, 6.45) is 0.558.